The van der Waals surface area contributed by atoms with Crippen LogP contribution in [0.4, 0.5) is 8.78 Å². The first kappa shape index (κ1) is 18.9. The molecule has 0 bridgehead atoms. The van der Waals surface area contributed by atoms with Gasteiger partial charge in [-0.3, -0.25) is 0 Å². The van der Waals surface area contributed by atoms with Crippen molar-refractivity contribution in [3.63, 3.8) is 0 Å². The first-order valence-electron chi connectivity index (χ1n) is 8.09. The Kier molecular flexibility index (Phi) is 5.48. The average Bonchev–Trinajstić information content (AvgIpc) is 2.90. The predicted molar refractivity (Wildman–Crippen MR) is 88.2 cm³/mol. The molecule has 0 unspecified atom stereocenters. The van der Waals surface area contributed by atoms with Gasteiger partial charge in [0.2, 0.25) is 6.29 Å². The van der Waals surface area contributed by atoms with E-state index in [2.05, 4.69) is 0 Å². The van der Waals surface area contributed by atoms with Crippen LogP contribution < -0.4 is 0 Å². The average molecular weight is 378 g/mol. The maximum absolute atomic E-state index is 14.2. The van der Waals surface area contributed by atoms with Gasteiger partial charge in [0.25, 0.3) is 0 Å². The standard InChI is InChI=1S/C19H16F2O6/c20-19(21)15(27-17(23)13-9-5-2-6-10-13)14(26-18(19)24)11-25-16(22)12-7-3-1-4-8-12/h1-10,14-15,18,24H,11H2/t14-,15-,18-/m1/s1. The third kappa shape index (κ3) is 4.12. The van der Waals surface area contributed by atoms with E-state index >= 15 is 0 Å². The van der Waals surface area contributed by atoms with E-state index in [4.69, 9.17) is 14.2 Å². The molecule has 0 spiro atoms. The summed E-state index contributed by atoms with van der Waals surface area (Å²) in [7, 11) is 0. The summed E-state index contributed by atoms with van der Waals surface area (Å²) >= 11 is 0. The summed E-state index contributed by atoms with van der Waals surface area (Å²) in [5.41, 5.74) is 0.287. The number of hydrogen-bond acceptors (Lipinski definition) is 6. The van der Waals surface area contributed by atoms with Crippen LogP contribution in [0.15, 0.2) is 60.7 Å². The molecule has 1 aliphatic rings. The van der Waals surface area contributed by atoms with Crippen molar-refractivity contribution in [2.45, 2.75) is 24.4 Å². The number of aliphatic hydroxyl groups is 1. The number of alkyl halides is 2. The lowest BCUT2D eigenvalue weighted by atomic mass is 10.1. The quantitative estimate of drug-likeness (QED) is 0.805. The van der Waals surface area contributed by atoms with E-state index in [0.717, 1.165) is 0 Å². The van der Waals surface area contributed by atoms with Crippen LogP contribution in [0.25, 0.3) is 0 Å². The van der Waals surface area contributed by atoms with Crippen molar-refractivity contribution in [1.29, 1.82) is 0 Å². The normalized spacial score (nSPS) is 23.6. The van der Waals surface area contributed by atoms with E-state index in [0.29, 0.717) is 0 Å². The Bertz CT molecular complexity index is 796. The van der Waals surface area contributed by atoms with Crippen molar-refractivity contribution >= 4 is 11.9 Å². The van der Waals surface area contributed by atoms with Crippen molar-refractivity contribution < 1.29 is 37.7 Å². The largest absolute Gasteiger partial charge is 0.459 e. The molecule has 0 amide bonds. The van der Waals surface area contributed by atoms with Gasteiger partial charge in [-0.05, 0) is 24.3 Å². The number of aliphatic hydroxyl groups excluding tert-OH is 1. The maximum atomic E-state index is 14.2. The minimum Gasteiger partial charge on any atom is -0.459 e. The molecule has 8 heteroatoms. The molecule has 2 aromatic carbocycles. The summed E-state index contributed by atoms with van der Waals surface area (Å²) in [6.07, 6.45) is -6.11. The number of esters is 2. The zero-order valence-electron chi connectivity index (χ0n) is 14.0. The fourth-order valence-corrected chi connectivity index (χ4v) is 2.57. The fourth-order valence-electron chi connectivity index (χ4n) is 2.57. The van der Waals surface area contributed by atoms with Crippen molar-refractivity contribution in [2.75, 3.05) is 6.61 Å². The highest BCUT2D eigenvalue weighted by Gasteiger charge is 2.61. The summed E-state index contributed by atoms with van der Waals surface area (Å²) in [6, 6.07) is 15.5. The number of benzene rings is 2. The van der Waals surface area contributed by atoms with Gasteiger partial charge in [0.05, 0.1) is 11.1 Å². The first-order valence-corrected chi connectivity index (χ1v) is 8.09. The van der Waals surface area contributed by atoms with Crippen LogP contribution in [0, 0.1) is 0 Å². The molecule has 2 aromatic rings. The lowest BCUT2D eigenvalue weighted by Gasteiger charge is -2.22. The van der Waals surface area contributed by atoms with E-state index in [9.17, 15) is 23.5 Å². The second kappa shape index (κ2) is 7.81. The van der Waals surface area contributed by atoms with Gasteiger partial charge >= 0.3 is 17.9 Å². The molecule has 0 radical (unpaired) electrons. The molecular weight excluding hydrogens is 362 g/mol. The molecule has 6 nitrogen and oxygen atoms in total. The van der Waals surface area contributed by atoms with Crippen LogP contribution in [0.5, 0.6) is 0 Å². The Morgan fingerprint density at radius 2 is 1.48 bits per heavy atom. The second-order valence-electron chi connectivity index (χ2n) is 5.86. The van der Waals surface area contributed by atoms with Gasteiger partial charge in [-0.15, -0.1) is 0 Å². The second-order valence-corrected chi connectivity index (χ2v) is 5.86. The molecule has 1 fully saturated rings. The number of ether oxygens (including phenoxy) is 3. The summed E-state index contributed by atoms with van der Waals surface area (Å²) in [6.45, 7) is -0.618. The van der Waals surface area contributed by atoms with Crippen LogP contribution >= 0.6 is 0 Å². The van der Waals surface area contributed by atoms with Crippen molar-refractivity contribution in [3.05, 3.63) is 71.8 Å². The molecule has 3 atom stereocenters. The lowest BCUT2D eigenvalue weighted by Crippen LogP contribution is -2.44. The summed E-state index contributed by atoms with van der Waals surface area (Å²) < 4.78 is 43.0. The van der Waals surface area contributed by atoms with E-state index < -0.39 is 43.0 Å². The van der Waals surface area contributed by atoms with Crippen LogP contribution in [-0.2, 0) is 14.2 Å². The lowest BCUT2D eigenvalue weighted by molar-refractivity contribution is -0.199. The molecule has 0 aromatic heterocycles. The number of carbonyl (C=O) groups excluding carboxylic acids is 2. The zero-order valence-corrected chi connectivity index (χ0v) is 14.0. The summed E-state index contributed by atoms with van der Waals surface area (Å²) in [5, 5.41) is 9.46. The van der Waals surface area contributed by atoms with Crippen LogP contribution in [0.1, 0.15) is 20.7 Å². The number of carbonyl (C=O) groups is 2. The van der Waals surface area contributed by atoms with Crippen LogP contribution in [-0.4, -0.2) is 48.1 Å². The van der Waals surface area contributed by atoms with Gasteiger partial charge in [0.1, 0.15) is 12.7 Å². The van der Waals surface area contributed by atoms with Crippen LogP contribution in [0.2, 0.25) is 0 Å². The molecular formula is C19H16F2O6. The predicted octanol–water partition coefficient (Wildman–Crippen LogP) is 2.42. The number of halogens is 2. The Morgan fingerprint density at radius 3 is 2.04 bits per heavy atom. The molecule has 0 aliphatic carbocycles. The molecule has 1 aliphatic heterocycles. The van der Waals surface area contributed by atoms with E-state index in [1.807, 2.05) is 0 Å². The molecule has 27 heavy (non-hydrogen) atoms. The monoisotopic (exact) mass is 378 g/mol. The van der Waals surface area contributed by atoms with E-state index in [1.165, 1.54) is 24.3 Å². The van der Waals surface area contributed by atoms with Crippen molar-refractivity contribution in [3.8, 4) is 0 Å². The van der Waals surface area contributed by atoms with Gasteiger partial charge in [0.15, 0.2) is 6.10 Å². The van der Waals surface area contributed by atoms with Gasteiger partial charge in [-0.25, -0.2) is 9.59 Å². The van der Waals surface area contributed by atoms with Gasteiger partial charge in [-0.1, -0.05) is 36.4 Å². The highest BCUT2D eigenvalue weighted by atomic mass is 19.3. The Morgan fingerprint density at radius 1 is 0.963 bits per heavy atom. The topological polar surface area (TPSA) is 82.1 Å². The molecule has 1 heterocycles. The zero-order chi connectivity index (χ0) is 19.4. The van der Waals surface area contributed by atoms with Gasteiger partial charge in [-0.2, -0.15) is 8.78 Å². The highest BCUT2D eigenvalue weighted by molar-refractivity contribution is 5.90. The smallest absolute Gasteiger partial charge is 0.338 e. The minimum atomic E-state index is -3.85. The van der Waals surface area contributed by atoms with Crippen molar-refractivity contribution in [2.24, 2.45) is 0 Å². The summed E-state index contributed by atoms with van der Waals surface area (Å²) in [5.74, 6) is -5.61. The van der Waals surface area contributed by atoms with Gasteiger partial charge in [0, 0.05) is 0 Å². The van der Waals surface area contributed by atoms with Crippen molar-refractivity contribution in [1.82, 2.24) is 0 Å². The van der Waals surface area contributed by atoms with E-state index in [-0.39, 0.29) is 11.1 Å². The third-order valence-corrected chi connectivity index (χ3v) is 3.98. The molecule has 3 rings (SSSR count). The number of rotatable bonds is 5. The Hall–Kier alpha value is -2.84. The summed E-state index contributed by atoms with van der Waals surface area (Å²) in [4.78, 5) is 24.1. The fraction of sp³-hybridized carbons (Fsp3) is 0.263. The maximum Gasteiger partial charge on any atom is 0.338 e. The SMILES string of the molecule is O=C(OC[C@H]1O[C@@H](O)C(F)(F)[C@@H]1OC(=O)c1ccccc1)c1ccccc1. The first-order chi connectivity index (χ1) is 12.9. The van der Waals surface area contributed by atoms with E-state index in [1.54, 1.807) is 36.4 Å². The molecule has 1 N–H and O–H groups in total. The third-order valence-electron chi connectivity index (χ3n) is 3.98. The highest BCUT2D eigenvalue weighted by Crippen LogP contribution is 2.37. The Labute approximate surface area is 153 Å². The minimum absolute atomic E-state index is 0.0646. The van der Waals surface area contributed by atoms with Crippen LogP contribution in [0.3, 0.4) is 0 Å². The molecule has 142 valence electrons. The van der Waals surface area contributed by atoms with Gasteiger partial charge < -0.3 is 19.3 Å². The number of hydrogen-bond donors (Lipinski definition) is 1. The Balaban J connectivity index is 1.69. The molecule has 1 saturated heterocycles. The molecule has 0 saturated carbocycles.